The normalized spacial score (nSPS) is 33.3. The van der Waals surface area contributed by atoms with Crippen LogP contribution >= 0.6 is 0 Å². The second kappa shape index (κ2) is 5.39. The first-order valence-electron chi connectivity index (χ1n) is 8.85. The fraction of sp³-hybridized carbons (Fsp3) is 1.00. The highest BCUT2D eigenvalue weighted by Gasteiger charge is 2.47. The molecule has 1 N–H and O–H groups in total. The van der Waals surface area contributed by atoms with Crippen molar-refractivity contribution in [3.63, 3.8) is 0 Å². The smallest absolute Gasteiger partial charge is 0.00151 e. The van der Waals surface area contributed by atoms with Crippen LogP contribution in [0.1, 0.15) is 78.1 Å². The van der Waals surface area contributed by atoms with Gasteiger partial charge >= 0.3 is 0 Å². The van der Waals surface area contributed by atoms with Crippen molar-refractivity contribution in [3.05, 3.63) is 0 Å². The summed E-state index contributed by atoms with van der Waals surface area (Å²) in [5, 5.41) is 3.67. The molecule has 0 amide bonds. The van der Waals surface area contributed by atoms with E-state index in [2.05, 4.69) is 19.2 Å². The average molecular weight is 263 g/mol. The molecule has 1 unspecified atom stereocenters. The minimum absolute atomic E-state index is 0.726. The molecular formula is C18H33N. The van der Waals surface area contributed by atoms with E-state index in [9.17, 15) is 0 Å². The molecule has 3 aliphatic rings. The van der Waals surface area contributed by atoms with Gasteiger partial charge in [-0.25, -0.2) is 0 Å². The van der Waals surface area contributed by atoms with E-state index in [1.807, 2.05) is 0 Å². The largest absolute Gasteiger partial charge is 0.316 e. The Labute approximate surface area is 119 Å². The van der Waals surface area contributed by atoms with E-state index in [1.165, 1.54) is 38.8 Å². The third kappa shape index (κ3) is 2.73. The molecule has 110 valence electrons. The monoisotopic (exact) mass is 263 g/mol. The first-order chi connectivity index (χ1) is 9.14. The summed E-state index contributed by atoms with van der Waals surface area (Å²) in [6.45, 7) is 7.39. The Hall–Kier alpha value is -0.0400. The zero-order valence-corrected chi connectivity index (χ0v) is 13.1. The van der Waals surface area contributed by atoms with E-state index in [-0.39, 0.29) is 0 Å². The zero-order chi connectivity index (χ0) is 13.3. The molecule has 1 heteroatoms. The third-order valence-electron chi connectivity index (χ3n) is 6.78. The Balaban J connectivity index is 1.68. The van der Waals surface area contributed by atoms with E-state index in [0.717, 1.165) is 22.7 Å². The van der Waals surface area contributed by atoms with Gasteiger partial charge in [0.2, 0.25) is 0 Å². The predicted octanol–water partition coefficient (Wildman–Crippen LogP) is 4.76. The number of hydrogen-bond acceptors (Lipinski definition) is 1. The van der Waals surface area contributed by atoms with Gasteiger partial charge < -0.3 is 5.32 Å². The molecule has 0 radical (unpaired) electrons. The Morgan fingerprint density at radius 3 is 2.26 bits per heavy atom. The SMILES string of the molecule is CC(C)CC1CNCCC12CCC1(CCCC1)CC2. The van der Waals surface area contributed by atoms with Gasteiger partial charge in [0.25, 0.3) is 0 Å². The van der Waals surface area contributed by atoms with Crippen LogP contribution in [-0.4, -0.2) is 13.1 Å². The van der Waals surface area contributed by atoms with Crippen molar-refractivity contribution in [2.24, 2.45) is 22.7 Å². The van der Waals surface area contributed by atoms with E-state index in [4.69, 9.17) is 0 Å². The van der Waals surface area contributed by atoms with Gasteiger partial charge in [0.1, 0.15) is 0 Å². The summed E-state index contributed by atoms with van der Waals surface area (Å²) < 4.78 is 0. The molecule has 1 nitrogen and oxygen atoms in total. The van der Waals surface area contributed by atoms with Crippen molar-refractivity contribution in [2.75, 3.05) is 13.1 Å². The first-order valence-corrected chi connectivity index (χ1v) is 8.85. The number of rotatable bonds is 2. The second-order valence-corrected chi connectivity index (χ2v) is 8.35. The van der Waals surface area contributed by atoms with Crippen LogP contribution in [0.25, 0.3) is 0 Å². The van der Waals surface area contributed by atoms with Crippen molar-refractivity contribution >= 4 is 0 Å². The fourth-order valence-corrected chi connectivity index (χ4v) is 5.50. The van der Waals surface area contributed by atoms with Crippen LogP contribution in [0.2, 0.25) is 0 Å². The summed E-state index contributed by atoms with van der Waals surface area (Å²) in [7, 11) is 0. The average Bonchev–Trinajstić information content (AvgIpc) is 2.85. The van der Waals surface area contributed by atoms with Crippen LogP contribution in [-0.2, 0) is 0 Å². The van der Waals surface area contributed by atoms with Gasteiger partial charge in [-0.1, -0.05) is 26.7 Å². The molecule has 1 heterocycles. The van der Waals surface area contributed by atoms with Crippen molar-refractivity contribution in [3.8, 4) is 0 Å². The lowest BCUT2D eigenvalue weighted by molar-refractivity contribution is -0.000761. The Kier molecular flexibility index (Phi) is 3.95. The van der Waals surface area contributed by atoms with Crippen LogP contribution in [0.3, 0.4) is 0 Å². The Morgan fingerprint density at radius 1 is 0.947 bits per heavy atom. The van der Waals surface area contributed by atoms with Gasteiger partial charge in [0, 0.05) is 0 Å². The predicted molar refractivity (Wildman–Crippen MR) is 82.2 cm³/mol. The number of piperidine rings is 1. The maximum Gasteiger partial charge on any atom is -0.00151 e. The molecule has 3 fully saturated rings. The van der Waals surface area contributed by atoms with E-state index >= 15 is 0 Å². The summed E-state index contributed by atoms with van der Waals surface area (Å²) >= 11 is 0. The highest BCUT2D eigenvalue weighted by molar-refractivity contribution is 5.00. The van der Waals surface area contributed by atoms with Crippen LogP contribution < -0.4 is 5.32 Å². The molecular weight excluding hydrogens is 230 g/mol. The summed E-state index contributed by atoms with van der Waals surface area (Å²) in [5.41, 5.74) is 1.53. The molecule has 1 atom stereocenters. The van der Waals surface area contributed by atoms with Crippen molar-refractivity contribution in [1.29, 1.82) is 0 Å². The standard InChI is InChI=1S/C18H33N/c1-15(2)13-16-14-19-12-11-18(16)9-7-17(8-10-18)5-3-4-6-17/h15-16,19H,3-14H2,1-2H3. The van der Waals surface area contributed by atoms with Gasteiger partial charge in [-0.2, -0.15) is 0 Å². The minimum atomic E-state index is 0.726. The van der Waals surface area contributed by atoms with Gasteiger partial charge in [0.05, 0.1) is 0 Å². The van der Waals surface area contributed by atoms with Crippen molar-refractivity contribution < 1.29 is 0 Å². The van der Waals surface area contributed by atoms with Crippen LogP contribution in [0.5, 0.6) is 0 Å². The lowest BCUT2D eigenvalue weighted by Gasteiger charge is -2.52. The zero-order valence-electron chi connectivity index (χ0n) is 13.1. The lowest BCUT2D eigenvalue weighted by Crippen LogP contribution is -2.48. The quantitative estimate of drug-likeness (QED) is 0.757. The summed E-state index contributed by atoms with van der Waals surface area (Å²) in [5.74, 6) is 1.82. The van der Waals surface area contributed by atoms with Gasteiger partial charge in [-0.3, -0.25) is 0 Å². The van der Waals surface area contributed by atoms with Crippen LogP contribution in [0.15, 0.2) is 0 Å². The van der Waals surface area contributed by atoms with Crippen molar-refractivity contribution in [1.82, 2.24) is 5.32 Å². The topological polar surface area (TPSA) is 12.0 Å². The van der Waals surface area contributed by atoms with Gasteiger partial charge in [-0.05, 0) is 87.1 Å². The highest BCUT2D eigenvalue weighted by atomic mass is 14.9. The van der Waals surface area contributed by atoms with Gasteiger partial charge in [0.15, 0.2) is 0 Å². The molecule has 0 aromatic carbocycles. The van der Waals surface area contributed by atoms with E-state index in [0.29, 0.717) is 0 Å². The molecule has 1 saturated heterocycles. The molecule has 1 aliphatic heterocycles. The molecule has 2 saturated carbocycles. The minimum Gasteiger partial charge on any atom is -0.316 e. The molecule has 19 heavy (non-hydrogen) atoms. The van der Waals surface area contributed by atoms with Crippen LogP contribution in [0.4, 0.5) is 0 Å². The molecule has 2 aliphatic carbocycles. The first kappa shape index (κ1) is 13.9. The number of nitrogens with one attached hydrogen (secondary N) is 1. The molecule has 0 bridgehead atoms. The summed E-state index contributed by atoms with van der Waals surface area (Å²) in [6, 6.07) is 0. The van der Waals surface area contributed by atoms with E-state index in [1.54, 1.807) is 38.5 Å². The fourth-order valence-electron chi connectivity index (χ4n) is 5.50. The highest BCUT2D eigenvalue weighted by Crippen LogP contribution is 2.58. The molecule has 2 spiro atoms. The molecule has 0 aromatic rings. The molecule has 3 rings (SSSR count). The lowest BCUT2D eigenvalue weighted by atomic mass is 9.55. The number of hydrogen-bond donors (Lipinski definition) is 1. The second-order valence-electron chi connectivity index (χ2n) is 8.35. The van der Waals surface area contributed by atoms with E-state index < -0.39 is 0 Å². The Bertz CT molecular complexity index is 291. The maximum absolute atomic E-state index is 3.67. The summed E-state index contributed by atoms with van der Waals surface area (Å²) in [6.07, 6.45) is 15.3. The van der Waals surface area contributed by atoms with Crippen LogP contribution in [0, 0.1) is 22.7 Å². The molecule has 0 aromatic heterocycles. The van der Waals surface area contributed by atoms with Crippen molar-refractivity contribution in [2.45, 2.75) is 78.1 Å². The summed E-state index contributed by atoms with van der Waals surface area (Å²) in [4.78, 5) is 0. The maximum atomic E-state index is 3.67. The van der Waals surface area contributed by atoms with Gasteiger partial charge in [-0.15, -0.1) is 0 Å². The Morgan fingerprint density at radius 2 is 1.63 bits per heavy atom. The third-order valence-corrected chi connectivity index (χ3v) is 6.78.